The summed E-state index contributed by atoms with van der Waals surface area (Å²) < 4.78 is 5.60. The summed E-state index contributed by atoms with van der Waals surface area (Å²) in [7, 11) is 0. The van der Waals surface area contributed by atoms with E-state index in [1.165, 1.54) is 24.4 Å². The molecule has 0 aliphatic rings. The highest BCUT2D eigenvalue weighted by atomic mass is 16.6. The van der Waals surface area contributed by atoms with Crippen molar-refractivity contribution in [2.75, 3.05) is 6.54 Å². The number of phenols is 1. The van der Waals surface area contributed by atoms with Crippen LogP contribution >= 0.6 is 0 Å². The number of hydrogen-bond donors (Lipinski definition) is 2. The summed E-state index contributed by atoms with van der Waals surface area (Å²) in [5, 5.41) is 23.0. The summed E-state index contributed by atoms with van der Waals surface area (Å²) in [5.74, 6) is 0.0922. The average Bonchev–Trinajstić information content (AvgIpc) is 2.70. The Morgan fingerprint density at radius 1 is 1.14 bits per heavy atom. The predicted molar refractivity (Wildman–Crippen MR) is 102 cm³/mol. The molecular weight excluding hydrogens is 362 g/mol. The largest absolute Gasteiger partial charge is 0.508 e. The van der Waals surface area contributed by atoms with Gasteiger partial charge in [0.15, 0.2) is 0 Å². The Morgan fingerprint density at radius 2 is 1.93 bits per heavy atom. The zero-order valence-electron chi connectivity index (χ0n) is 14.7. The number of hydrogen-bond acceptors (Lipinski definition) is 6. The number of benzene rings is 2. The Kier molecular flexibility index (Phi) is 5.81. The molecule has 0 aliphatic carbocycles. The average molecular weight is 379 g/mol. The van der Waals surface area contributed by atoms with Crippen molar-refractivity contribution in [1.82, 2.24) is 10.3 Å². The second kappa shape index (κ2) is 8.63. The van der Waals surface area contributed by atoms with Crippen molar-refractivity contribution in [3.8, 4) is 17.4 Å². The molecular formula is C20H17N3O5. The second-order valence-corrected chi connectivity index (χ2v) is 5.88. The first-order chi connectivity index (χ1) is 13.5. The van der Waals surface area contributed by atoms with Gasteiger partial charge in [0.1, 0.15) is 17.1 Å². The van der Waals surface area contributed by atoms with Crippen LogP contribution in [0, 0.1) is 10.1 Å². The third kappa shape index (κ3) is 4.82. The van der Waals surface area contributed by atoms with E-state index in [0.29, 0.717) is 13.0 Å². The van der Waals surface area contributed by atoms with Crippen LogP contribution in [0.5, 0.6) is 17.4 Å². The van der Waals surface area contributed by atoms with Crippen LogP contribution in [-0.4, -0.2) is 27.5 Å². The quantitative estimate of drug-likeness (QED) is 0.480. The van der Waals surface area contributed by atoms with Crippen LogP contribution in [0.1, 0.15) is 15.9 Å². The molecule has 0 spiro atoms. The van der Waals surface area contributed by atoms with E-state index in [1.54, 1.807) is 42.5 Å². The molecule has 8 nitrogen and oxygen atoms in total. The topological polar surface area (TPSA) is 115 Å². The van der Waals surface area contributed by atoms with Gasteiger partial charge in [0.2, 0.25) is 5.88 Å². The minimum atomic E-state index is -0.526. The van der Waals surface area contributed by atoms with E-state index in [4.69, 9.17) is 4.74 Å². The molecule has 0 fully saturated rings. The number of carbonyl (C=O) groups is 1. The minimum Gasteiger partial charge on any atom is -0.508 e. The molecule has 0 aliphatic heterocycles. The monoisotopic (exact) mass is 379 g/mol. The lowest BCUT2D eigenvalue weighted by atomic mass is 10.1. The maximum Gasteiger partial charge on any atom is 0.273 e. The predicted octanol–water partition coefficient (Wildman–Crippen LogP) is 3.46. The van der Waals surface area contributed by atoms with Gasteiger partial charge in [-0.25, -0.2) is 4.98 Å². The van der Waals surface area contributed by atoms with Crippen LogP contribution in [0.4, 0.5) is 5.69 Å². The number of carbonyl (C=O) groups excluding carboxylic acids is 1. The number of nitro groups is 1. The van der Waals surface area contributed by atoms with E-state index >= 15 is 0 Å². The molecule has 3 rings (SSSR count). The van der Waals surface area contributed by atoms with Gasteiger partial charge >= 0.3 is 0 Å². The smallest absolute Gasteiger partial charge is 0.273 e. The molecule has 0 bridgehead atoms. The molecule has 28 heavy (non-hydrogen) atoms. The third-order valence-corrected chi connectivity index (χ3v) is 3.89. The number of aromatic hydroxyl groups is 1. The van der Waals surface area contributed by atoms with Crippen LogP contribution in [0.25, 0.3) is 0 Å². The number of nitrogens with one attached hydrogen (secondary N) is 1. The Bertz CT molecular complexity index is 989. The van der Waals surface area contributed by atoms with Crippen molar-refractivity contribution in [1.29, 1.82) is 0 Å². The first-order valence-electron chi connectivity index (χ1n) is 8.46. The first-order valence-corrected chi connectivity index (χ1v) is 8.46. The molecule has 0 atom stereocenters. The zero-order chi connectivity index (χ0) is 19.9. The van der Waals surface area contributed by atoms with Crippen LogP contribution in [0.15, 0.2) is 66.9 Å². The summed E-state index contributed by atoms with van der Waals surface area (Å²) in [6.45, 7) is 0.384. The van der Waals surface area contributed by atoms with Gasteiger partial charge < -0.3 is 15.2 Å². The maximum absolute atomic E-state index is 12.5. The Balaban J connectivity index is 1.67. The molecule has 2 N–H and O–H groups in total. The SMILES string of the molecule is O=C(NCCc1ccc(O)cc1)c1cccnc1Oc1cccc([N+](=O)[O-])c1. The Hall–Kier alpha value is -3.94. The van der Waals surface area contributed by atoms with Crippen LogP contribution in [-0.2, 0) is 6.42 Å². The van der Waals surface area contributed by atoms with Gasteiger partial charge in [-0.1, -0.05) is 18.2 Å². The van der Waals surface area contributed by atoms with Gasteiger partial charge in [-0.2, -0.15) is 0 Å². The van der Waals surface area contributed by atoms with E-state index < -0.39 is 4.92 Å². The van der Waals surface area contributed by atoms with E-state index in [-0.39, 0.29) is 34.5 Å². The number of aromatic nitrogens is 1. The number of phenolic OH excluding ortho intramolecular Hbond substituents is 1. The number of ether oxygens (including phenoxy) is 1. The second-order valence-electron chi connectivity index (χ2n) is 5.88. The fourth-order valence-corrected chi connectivity index (χ4v) is 2.50. The molecule has 1 aromatic heterocycles. The highest BCUT2D eigenvalue weighted by molar-refractivity contribution is 5.96. The molecule has 0 unspecified atom stereocenters. The van der Waals surface area contributed by atoms with Crippen LogP contribution in [0.2, 0.25) is 0 Å². The van der Waals surface area contributed by atoms with Crippen molar-refractivity contribution in [3.63, 3.8) is 0 Å². The van der Waals surface area contributed by atoms with Crippen LogP contribution < -0.4 is 10.1 Å². The molecule has 0 saturated heterocycles. The number of non-ortho nitro benzene ring substituents is 1. The van der Waals surface area contributed by atoms with E-state index in [1.807, 2.05) is 0 Å². The molecule has 1 heterocycles. The van der Waals surface area contributed by atoms with Gasteiger partial charge in [0.05, 0.1) is 11.0 Å². The Morgan fingerprint density at radius 3 is 2.68 bits per heavy atom. The van der Waals surface area contributed by atoms with Crippen molar-refractivity contribution < 1.29 is 19.6 Å². The van der Waals surface area contributed by atoms with E-state index in [0.717, 1.165) is 5.56 Å². The van der Waals surface area contributed by atoms with Crippen molar-refractivity contribution >= 4 is 11.6 Å². The standard InChI is InChI=1S/C20H17N3O5/c24-16-8-6-14(7-9-16)10-12-21-19(25)18-5-2-11-22-20(18)28-17-4-1-3-15(13-17)23(26)27/h1-9,11,13,24H,10,12H2,(H,21,25). The number of amides is 1. The molecule has 3 aromatic rings. The lowest BCUT2D eigenvalue weighted by Crippen LogP contribution is -2.26. The molecule has 142 valence electrons. The van der Waals surface area contributed by atoms with Gasteiger partial charge in [-0.05, 0) is 42.3 Å². The normalized spacial score (nSPS) is 10.3. The van der Waals surface area contributed by atoms with Crippen molar-refractivity contribution in [2.24, 2.45) is 0 Å². The zero-order valence-corrected chi connectivity index (χ0v) is 14.7. The van der Waals surface area contributed by atoms with Crippen molar-refractivity contribution in [3.05, 3.63) is 88.1 Å². The molecule has 1 amide bonds. The number of rotatable bonds is 7. The summed E-state index contributed by atoms with van der Waals surface area (Å²) in [6.07, 6.45) is 2.06. The lowest BCUT2D eigenvalue weighted by Gasteiger charge is -2.10. The highest BCUT2D eigenvalue weighted by Crippen LogP contribution is 2.26. The fraction of sp³-hybridized carbons (Fsp3) is 0.100. The van der Waals surface area contributed by atoms with Crippen LogP contribution in [0.3, 0.4) is 0 Å². The minimum absolute atomic E-state index is 0.0603. The summed E-state index contributed by atoms with van der Waals surface area (Å²) >= 11 is 0. The molecule has 0 saturated carbocycles. The van der Waals surface area contributed by atoms with E-state index in [2.05, 4.69) is 10.3 Å². The molecule has 0 radical (unpaired) electrons. The number of pyridine rings is 1. The summed E-state index contributed by atoms with van der Waals surface area (Å²) in [4.78, 5) is 26.9. The Labute approximate surface area is 160 Å². The van der Waals surface area contributed by atoms with Gasteiger partial charge in [-0.3, -0.25) is 14.9 Å². The van der Waals surface area contributed by atoms with E-state index in [9.17, 15) is 20.0 Å². The number of nitro benzene ring substituents is 1. The van der Waals surface area contributed by atoms with Gasteiger partial charge in [-0.15, -0.1) is 0 Å². The summed E-state index contributed by atoms with van der Waals surface area (Å²) in [6, 6.07) is 15.6. The summed E-state index contributed by atoms with van der Waals surface area (Å²) in [5.41, 5.74) is 1.07. The fourth-order valence-electron chi connectivity index (χ4n) is 2.50. The maximum atomic E-state index is 12.5. The molecule has 2 aromatic carbocycles. The van der Waals surface area contributed by atoms with Gasteiger partial charge in [0, 0.05) is 18.8 Å². The first kappa shape index (κ1) is 18.8. The third-order valence-electron chi connectivity index (χ3n) is 3.89. The number of nitrogens with zero attached hydrogens (tertiary/aromatic N) is 2. The molecule has 8 heteroatoms. The van der Waals surface area contributed by atoms with Crippen molar-refractivity contribution in [2.45, 2.75) is 6.42 Å². The highest BCUT2D eigenvalue weighted by Gasteiger charge is 2.15. The lowest BCUT2D eigenvalue weighted by molar-refractivity contribution is -0.384. The van der Waals surface area contributed by atoms with Gasteiger partial charge in [0.25, 0.3) is 11.6 Å².